The van der Waals surface area contributed by atoms with Crippen LogP contribution in [0.3, 0.4) is 0 Å². The van der Waals surface area contributed by atoms with Crippen molar-refractivity contribution in [2.24, 2.45) is 0 Å². The molecule has 3 aromatic rings. The molecule has 1 N–H and O–H groups in total. The zero-order valence-electron chi connectivity index (χ0n) is 24.0. The fourth-order valence-electron chi connectivity index (χ4n) is 4.31. The van der Waals surface area contributed by atoms with Crippen LogP contribution in [0.4, 0.5) is 5.69 Å². The maximum atomic E-state index is 14.1. The molecule has 1 atom stereocenters. The van der Waals surface area contributed by atoms with Crippen LogP contribution in [0.25, 0.3) is 0 Å². The lowest BCUT2D eigenvalue weighted by Gasteiger charge is -2.33. The largest absolute Gasteiger partial charge is 0.497 e. The highest BCUT2D eigenvalue weighted by atomic mass is 32.2. The van der Waals surface area contributed by atoms with Gasteiger partial charge < -0.3 is 15.0 Å². The Morgan fingerprint density at radius 3 is 1.93 bits per heavy atom. The molecule has 2 amide bonds. The van der Waals surface area contributed by atoms with Gasteiger partial charge in [0, 0.05) is 12.6 Å². The van der Waals surface area contributed by atoms with Crippen LogP contribution in [0.15, 0.2) is 77.7 Å². The molecule has 0 aliphatic heterocycles. The average Bonchev–Trinajstić information content (AvgIpc) is 2.92. The second kappa shape index (κ2) is 13.5. The Balaban J connectivity index is 2.05. The van der Waals surface area contributed by atoms with Gasteiger partial charge in [0.05, 0.1) is 17.7 Å². The number of sulfonamides is 1. The predicted molar refractivity (Wildman–Crippen MR) is 158 cm³/mol. The van der Waals surface area contributed by atoms with Crippen LogP contribution in [0, 0.1) is 13.8 Å². The summed E-state index contributed by atoms with van der Waals surface area (Å²) in [7, 11) is -2.64. The van der Waals surface area contributed by atoms with Crippen LogP contribution < -0.4 is 14.4 Å². The third-order valence-corrected chi connectivity index (χ3v) is 8.33. The summed E-state index contributed by atoms with van der Waals surface area (Å²) in [4.78, 5) is 28.8. The fraction of sp³-hybridized carbons (Fsp3) is 0.355. The van der Waals surface area contributed by atoms with E-state index in [9.17, 15) is 18.0 Å². The van der Waals surface area contributed by atoms with Gasteiger partial charge in [-0.25, -0.2) is 8.42 Å². The smallest absolute Gasteiger partial charge is 0.264 e. The maximum Gasteiger partial charge on any atom is 0.264 e. The van der Waals surface area contributed by atoms with E-state index in [1.807, 2.05) is 58.9 Å². The standard InChI is InChI=1S/C31H39N3O5S/c1-7-29(31(36)32-22(2)3)33(20-25-12-8-23(4)9-13-25)30(35)21-34(26-14-10-24(5)11-15-26)40(37,38)28-18-16-27(39-6)17-19-28/h8-19,22,29H,7,20-21H2,1-6H3,(H,32,36)/t29-/m0/s1. The summed E-state index contributed by atoms with van der Waals surface area (Å²) in [6.45, 7) is 9.11. The number of hydrogen-bond acceptors (Lipinski definition) is 5. The first-order chi connectivity index (χ1) is 19.0. The number of nitrogens with one attached hydrogen (secondary N) is 1. The van der Waals surface area contributed by atoms with Gasteiger partial charge in [0.1, 0.15) is 18.3 Å². The van der Waals surface area contributed by atoms with Crippen LogP contribution in [0.5, 0.6) is 5.75 Å². The summed E-state index contributed by atoms with van der Waals surface area (Å²) < 4.78 is 34.1. The highest BCUT2D eigenvalue weighted by Gasteiger charge is 2.33. The van der Waals surface area contributed by atoms with Crippen LogP contribution in [0.2, 0.25) is 0 Å². The quantitative estimate of drug-likeness (QED) is 0.339. The van der Waals surface area contributed by atoms with Gasteiger partial charge in [-0.15, -0.1) is 0 Å². The van der Waals surface area contributed by atoms with E-state index in [-0.39, 0.29) is 23.4 Å². The monoisotopic (exact) mass is 565 g/mol. The van der Waals surface area contributed by atoms with Crippen LogP contribution >= 0.6 is 0 Å². The molecule has 3 aromatic carbocycles. The third kappa shape index (κ3) is 7.63. The van der Waals surface area contributed by atoms with E-state index in [1.54, 1.807) is 36.4 Å². The zero-order valence-corrected chi connectivity index (χ0v) is 24.9. The zero-order chi connectivity index (χ0) is 29.4. The van der Waals surface area contributed by atoms with Crippen molar-refractivity contribution >= 4 is 27.5 Å². The van der Waals surface area contributed by atoms with E-state index in [1.165, 1.54) is 24.1 Å². The Morgan fingerprint density at radius 2 is 1.43 bits per heavy atom. The summed E-state index contributed by atoms with van der Waals surface area (Å²) in [5.41, 5.74) is 3.22. The number of nitrogens with zero attached hydrogens (tertiary/aromatic N) is 2. The maximum absolute atomic E-state index is 14.1. The summed E-state index contributed by atoms with van der Waals surface area (Å²) in [5.74, 6) is -0.245. The number of carbonyl (C=O) groups is 2. The molecular formula is C31H39N3O5S. The molecule has 0 unspecified atom stereocenters. The molecule has 0 fully saturated rings. The molecule has 0 radical (unpaired) electrons. The van der Waals surface area contributed by atoms with E-state index in [0.717, 1.165) is 21.0 Å². The Morgan fingerprint density at radius 1 is 0.875 bits per heavy atom. The second-order valence-electron chi connectivity index (χ2n) is 10.1. The van der Waals surface area contributed by atoms with Gasteiger partial charge in [-0.1, -0.05) is 54.4 Å². The number of methoxy groups -OCH3 is 1. The van der Waals surface area contributed by atoms with Gasteiger partial charge >= 0.3 is 0 Å². The molecule has 0 saturated carbocycles. The SMILES string of the molecule is CC[C@@H](C(=O)NC(C)C)N(Cc1ccc(C)cc1)C(=O)CN(c1ccc(C)cc1)S(=O)(=O)c1ccc(OC)cc1. The number of carbonyl (C=O) groups excluding carboxylic acids is 2. The van der Waals surface area contributed by atoms with Crippen molar-refractivity contribution in [1.82, 2.24) is 10.2 Å². The van der Waals surface area contributed by atoms with Crippen LogP contribution in [-0.4, -0.2) is 50.9 Å². The highest BCUT2D eigenvalue weighted by molar-refractivity contribution is 7.92. The number of hydrogen-bond donors (Lipinski definition) is 1. The summed E-state index contributed by atoms with van der Waals surface area (Å²) in [5, 5.41) is 2.91. The van der Waals surface area contributed by atoms with Crippen molar-refractivity contribution in [3.8, 4) is 5.75 Å². The molecule has 8 nitrogen and oxygen atoms in total. The van der Waals surface area contributed by atoms with Crippen molar-refractivity contribution in [1.29, 1.82) is 0 Å². The van der Waals surface area contributed by atoms with Crippen molar-refractivity contribution in [2.75, 3.05) is 18.0 Å². The fourth-order valence-corrected chi connectivity index (χ4v) is 5.72. The molecule has 9 heteroatoms. The lowest BCUT2D eigenvalue weighted by molar-refractivity contribution is -0.140. The molecule has 214 valence electrons. The minimum Gasteiger partial charge on any atom is -0.497 e. The second-order valence-corrected chi connectivity index (χ2v) is 12.0. The van der Waals surface area contributed by atoms with E-state index in [4.69, 9.17) is 4.74 Å². The van der Waals surface area contributed by atoms with Gasteiger partial charge in [-0.05, 0) is 76.1 Å². The summed E-state index contributed by atoms with van der Waals surface area (Å²) in [6.07, 6.45) is 0.367. The Kier molecular flexibility index (Phi) is 10.3. The topological polar surface area (TPSA) is 96.0 Å². The van der Waals surface area contributed by atoms with Crippen LogP contribution in [-0.2, 0) is 26.2 Å². The predicted octanol–water partition coefficient (Wildman–Crippen LogP) is 4.84. The van der Waals surface area contributed by atoms with Crippen LogP contribution in [0.1, 0.15) is 43.9 Å². The normalized spacial score (nSPS) is 12.1. The van der Waals surface area contributed by atoms with Crippen molar-refractivity contribution in [3.05, 3.63) is 89.5 Å². The number of benzene rings is 3. The summed E-state index contributed by atoms with van der Waals surface area (Å²) in [6, 6.07) is 19.8. The minimum atomic E-state index is -4.14. The Labute approximate surface area is 238 Å². The Hall–Kier alpha value is -3.85. The highest BCUT2D eigenvalue weighted by Crippen LogP contribution is 2.26. The number of ether oxygens (including phenoxy) is 1. The van der Waals surface area contributed by atoms with Crippen molar-refractivity contribution in [2.45, 2.75) is 64.6 Å². The number of anilines is 1. The minimum absolute atomic E-state index is 0.0244. The lowest BCUT2D eigenvalue weighted by atomic mass is 10.1. The summed E-state index contributed by atoms with van der Waals surface area (Å²) >= 11 is 0. The molecule has 40 heavy (non-hydrogen) atoms. The van der Waals surface area contributed by atoms with Gasteiger partial charge in [0.25, 0.3) is 10.0 Å². The lowest BCUT2D eigenvalue weighted by Crippen LogP contribution is -2.53. The van der Waals surface area contributed by atoms with Gasteiger partial charge in [-0.2, -0.15) is 0 Å². The third-order valence-electron chi connectivity index (χ3n) is 6.54. The molecule has 0 heterocycles. The molecule has 0 aliphatic carbocycles. The molecule has 0 saturated heterocycles. The Bertz CT molecular complexity index is 1390. The van der Waals surface area contributed by atoms with Gasteiger partial charge in [0.15, 0.2) is 0 Å². The first-order valence-electron chi connectivity index (χ1n) is 13.3. The molecule has 0 aliphatic rings. The molecule has 3 rings (SSSR count). The number of rotatable bonds is 12. The van der Waals surface area contributed by atoms with E-state index in [2.05, 4.69) is 5.32 Å². The van der Waals surface area contributed by atoms with Gasteiger partial charge in [-0.3, -0.25) is 13.9 Å². The van der Waals surface area contributed by atoms with E-state index < -0.39 is 28.5 Å². The average molecular weight is 566 g/mol. The number of amides is 2. The molecule has 0 aromatic heterocycles. The molecule has 0 bridgehead atoms. The molecule has 0 spiro atoms. The van der Waals surface area contributed by atoms with E-state index in [0.29, 0.717) is 17.9 Å². The first-order valence-corrected chi connectivity index (χ1v) is 14.8. The van der Waals surface area contributed by atoms with Gasteiger partial charge in [0.2, 0.25) is 11.8 Å². The van der Waals surface area contributed by atoms with Crippen molar-refractivity contribution in [3.63, 3.8) is 0 Å². The van der Waals surface area contributed by atoms with E-state index >= 15 is 0 Å². The number of aryl methyl sites for hydroxylation is 2. The first kappa shape index (κ1) is 30.7. The molecular weight excluding hydrogens is 526 g/mol. The van der Waals surface area contributed by atoms with Crippen molar-refractivity contribution < 1.29 is 22.7 Å².